The van der Waals surface area contributed by atoms with E-state index < -0.39 is 0 Å². The van der Waals surface area contributed by atoms with Crippen molar-refractivity contribution in [2.75, 3.05) is 19.7 Å². The van der Waals surface area contributed by atoms with Crippen LogP contribution < -0.4 is 5.32 Å². The van der Waals surface area contributed by atoms with Crippen LogP contribution in [-0.4, -0.2) is 24.8 Å². The molecule has 2 nitrogen and oxygen atoms in total. The molecule has 0 aromatic rings. The SMILES string of the molecule is CC(CCNCCO)C1CCC12CC2. The lowest BCUT2D eigenvalue weighted by Crippen LogP contribution is -2.34. The predicted octanol–water partition coefficient (Wildman–Crippen LogP) is 1.78. The average Bonchev–Trinajstić information content (AvgIpc) is 2.92. The number of hydrogen-bond acceptors (Lipinski definition) is 2. The molecule has 2 rings (SSSR count). The molecular formula is C12H23NO. The maximum Gasteiger partial charge on any atom is 0.0555 e. The lowest BCUT2D eigenvalue weighted by atomic mass is 9.64. The zero-order chi connectivity index (χ0) is 10.0. The van der Waals surface area contributed by atoms with E-state index in [0.29, 0.717) is 0 Å². The summed E-state index contributed by atoms with van der Waals surface area (Å²) in [6.45, 7) is 4.50. The van der Waals surface area contributed by atoms with Crippen LogP contribution in [-0.2, 0) is 0 Å². The van der Waals surface area contributed by atoms with Gasteiger partial charge >= 0.3 is 0 Å². The summed E-state index contributed by atoms with van der Waals surface area (Å²) in [5.41, 5.74) is 0.830. The van der Waals surface area contributed by atoms with Crippen molar-refractivity contribution >= 4 is 0 Å². The summed E-state index contributed by atoms with van der Waals surface area (Å²) in [4.78, 5) is 0. The fourth-order valence-electron chi connectivity index (χ4n) is 3.12. The van der Waals surface area contributed by atoms with E-state index in [1.54, 1.807) is 0 Å². The van der Waals surface area contributed by atoms with E-state index in [-0.39, 0.29) is 6.61 Å². The first-order chi connectivity index (χ1) is 6.78. The normalized spacial score (nSPS) is 30.0. The van der Waals surface area contributed by atoms with Gasteiger partial charge in [0.2, 0.25) is 0 Å². The Hall–Kier alpha value is -0.0800. The molecule has 2 unspecified atom stereocenters. The summed E-state index contributed by atoms with van der Waals surface area (Å²) in [5, 5.41) is 11.9. The summed E-state index contributed by atoms with van der Waals surface area (Å²) >= 11 is 0. The molecule has 2 saturated carbocycles. The van der Waals surface area contributed by atoms with Crippen LogP contribution in [0.25, 0.3) is 0 Å². The van der Waals surface area contributed by atoms with Crippen molar-refractivity contribution in [2.24, 2.45) is 17.3 Å². The Balaban J connectivity index is 1.61. The highest BCUT2D eigenvalue weighted by molar-refractivity contribution is 5.06. The van der Waals surface area contributed by atoms with Crippen LogP contribution in [0.5, 0.6) is 0 Å². The predicted molar refractivity (Wildman–Crippen MR) is 58.1 cm³/mol. The number of nitrogens with one attached hydrogen (secondary N) is 1. The summed E-state index contributed by atoms with van der Waals surface area (Å²) in [6, 6.07) is 0. The Morgan fingerprint density at radius 3 is 2.64 bits per heavy atom. The Morgan fingerprint density at radius 1 is 1.36 bits per heavy atom. The van der Waals surface area contributed by atoms with Crippen LogP contribution >= 0.6 is 0 Å². The highest BCUT2D eigenvalue weighted by Gasteiger charge is 2.56. The molecule has 0 aliphatic heterocycles. The number of aliphatic hydroxyl groups excluding tert-OH is 1. The molecule has 2 atom stereocenters. The molecule has 2 heteroatoms. The maximum absolute atomic E-state index is 8.63. The van der Waals surface area contributed by atoms with E-state index in [1.165, 1.54) is 32.1 Å². The summed E-state index contributed by atoms with van der Waals surface area (Å²) in [5.74, 6) is 1.91. The van der Waals surface area contributed by atoms with Crippen LogP contribution in [0, 0.1) is 17.3 Å². The average molecular weight is 197 g/mol. The van der Waals surface area contributed by atoms with Crippen LogP contribution in [0.2, 0.25) is 0 Å². The second kappa shape index (κ2) is 4.19. The first kappa shape index (κ1) is 10.4. The van der Waals surface area contributed by atoms with E-state index >= 15 is 0 Å². The minimum atomic E-state index is 0.266. The zero-order valence-electron chi connectivity index (χ0n) is 9.26. The monoisotopic (exact) mass is 197 g/mol. The summed E-state index contributed by atoms with van der Waals surface area (Å²) in [7, 11) is 0. The molecular weight excluding hydrogens is 174 g/mol. The third-order valence-corrected chi connectivity index (χ3v) is 4.38. The van der Waals surface area contributed by atoms with Gasteiger partial charge in [-0.15, -0.1) is 0 Å². The molecule has 2 fully saturated rings. The van der Waals surface area contributed by atoms with Gasteiger partial charge in [0.15, 0.2) is 0 Å². The van der Waals surface area contributed by atoms with E-state index in [1.807, 2.05) is 0 Å². The third-order valence-electron chi connectivity index (χ3n) is 4.38. The van der Waals surface area contributed by atoms with Gasteiger partial charge in [0.1, 0.15) is 0 Å². The van der Waals surface area contributed by atoms with Gasteiger partial charge in [0.05, 0.1) is 6.61 Å². The van der Waals surface area contributed by atoms with Crippen molar-refractivity contribution in [3.8, 4) is 0 Å². The largest absolute Gasteiger partial charge is 0.395 e. The molecule has 1 spiro atoms. The van der Waals surface area contributed by atoms with Gasteiger partial charge in [0, 0.05) is 6.54 Å². The van der Waals surface area contributed by atoms with Crippen molar-refractivity contribution in [2.45, 2.75) is 39.0 Å². The van der Waals surface area contributed by atoms with E-state index in [2.05, 4.69) is 12.2 Å². The zero-order valence-corrected chi connectivity index (χ0v) is 9.26. The van der Waals surface area contributed by atoms with Gasteiger partial charge in [-0.1, -0.05) is 6.92 Å². The Kier molecular flexibility index (Phi) is 3.13. The Morgan fingerprint density at radius 2 is 2.14 bits per heavy atom. The molecule has 0 heterocycles. The Labute approximate surface area is 87.1 Å². The minimum Gasteiger partial charge on any atom is -0.395 e. The molecule has 2 aliphatic rings. The van der Waals surface area contributed by atoms with Crippen molar-refractivity contribution < 1.29 is 5.11 Å². The van der Waals surface area contributed by atoms with Crippen molar-refractivity contribution in [1.82, 2.24) is 5.32 Å². The first-order valence-electron chi connectivity index (χ1n) is 6.10. The highest BCUT2D eigenvalue weighted by atomic mass is 16.3. The number of hydrogen-bond donors (Lipinski definition) is 2. The number of aliphatic hydroxyl groups is 1. The van der Waals surface area contributed by atoms with Gasteiger partial charge in [-0.05, 0) is 55.9 Å². The fraction of sp³-hybridized carbons (Fsp3) is 1.00. The first-order valence-corrected chi connectivity index (χ1v) is 6.10. The summed E-state index contributed by atoms with van der Waals surface area (Å²) in [6.07, 6.45) is 7.28. The standard InChI is InChI=1S/C12H23NO/c1-10(3-7-13-8-9-14)11-2-4-12(11)5-6-12/h10-11,13-14H,2-9H2,1H3. The molecule has 0 bridgehead atoms. The van der Waals surface area contributed by atoms with Gasteiger partial charge in [-0.25, -0.2) is 0 Å². The third kappa shape index (κ3) is 1.96. The lowest BCUT2D eigenvalue weighted by Gasteiger charge is -2.41. The fourth-order valence-corrected chi connectivity index (χ4v) is 3.12. The molecule has 0 aromatic carbocycles. The maximum atomic E-state index is 8.63. The minimum absolute atomic E-state index is 0.266. The lowest BCUT2D eigenvalue weighted by molar-refractivity contribution is 0.0841. The number of rotatable bonds is 6. The van der Waals surface area contributed by atoms with Crippen LogP contribution in [0.4, 0.5) is 0 Å². The van der Waals surface area contributed by atoms with Gasteiger partial charge in [-0.2, -0.15) is 0 Å². The molecule has 82 valence electrons. The second-order valence-electron chi connectivity index (χ2n) is 5.25. The van der Waals surface area contributed by atoms with Crippen LogP contribution in [0.3, 0.4) is 0 Å². The molecule has 0 aromatic heterocycles. The molecule has 0 saturated heterocycles. The van der Waals surface area contributed by atoms with Gasteiger partial charge < -0.3 is 10.4 Å². The molecule has 14 heavy (non-hydrogen) atoms. The van der Waals surface area contributed by atoms with Crippen molar-refractivity contribution in [3.05, 3.63) is 0 Å². The smallest absolute Gasteiger partial charge is 0.0555 e. The highest BCUT2D eigenvalue weighted by Crippen LogP contribution is 2.66. The molecule has 0 radical (unpaired) electrons. The summed E-state index contributed by atoms with van der Waals surface area (Å²) < 4.78 is 0. The van der Waals surface area contributed by atoms with Crippen LogP contribution in [0.15, 0.2) is 0 Å². The van der Waals surface area contributed by atoms with Crippen molar-refractivity contribution in [1.29, 1.82) is 0 Å². The van der Waals surface area contributed by atoms with E-state index in [9.17, 15) is 0 Å². The Bertz CT molecular complexity index is 189. The molecule has 0 amide bonds. The van der Waals surface area contributed by atoms with Crippen molar-refractivity contribution in [3.63, 3.8) is 0 Å². The van der Waals surface area contributed by atoms with E-state index in [4.69, 9.17) is 5.11 Å². The molecule has 2 aliphatic carbocycles. The topological polar surface area (TPSA) is 32.3 Å². The van der Waals surface area contributed by atoms with Gasteiger partial charge in [0.25, 0.3) is 0 Å². The van der Waals surface area contributed by atoms with Crippen LogP contribution in [0.1, 0.15) is 39.0 Å². The quantitative estimate of drug-likeness (QED) is 0.636. The van der Waals surface area contributed by atoms with Gasteiger partial charge in [-0.3, -0.25) is 0 Å². The van der Waals surface area contributed by atoms with E-state index in [0.717, 1.165) is 30.3 Å². The molecule has 2 N–H and O–H groups in total. The second-order valence-corrected chi connectivity index (χ2v) is 5.25.